The van der Waals surface area contributed by atoms with Crippen molar-refractivity contribution in [3.63, 3.8) is 0 Å². The average molecular weight is 184 g/mol. The van der Waals surface area contributed by atoms with Crippen LogP contribution in [0.15, 0.2) is 59.8 Å². The van der Waals surface area contributed by atoms with Gasteiger partial charge in [-0.3, -0.25) is 0 Å². The predicted octanol–water partition coefficient (Wildman–Crippen LogP) is 3.81. The second-order valence-corrected chi connectivity index (χ2v) is 4.14. The van der Waals surface area contributed by atoms with E-state index in [-0.39, 0.29) is 0 Å². The highest BCUT2D eigenvalue weighted by atomic mass is 14.2. The monoisotopic (exact) mass is 184 g/mol. The normalized spacial score (nSPS) is 24.4. The first-order chi connectivity index (χ1) is 6.79. The van der Waals surface area contributed by atoms with E-state index in [9.17, 15) is 0 Å². The lowest BCUT2D eigenvalue weighted by atomic mass is 9.83. The van der Waals surface area contributed by atoms with E-state index in [4.69, 9.17) is 0 Å². The summed E-state index contributed by atoms with van der Waals surface area (Å²) in [7, 11) is 0. The van der Waals surface area contributed by atoms with Crippen molar-refractivity contribution >= 4 is 0 Å². The van der Waals surface area contributed by atoms with Gasteiger partial charge in [0.1, 0.15) is 0 Å². The summed E-state index contributed by atoms with van der Waals surface area (Å²) in [6, 6.07) is 0. The number of hydrogen-bond acceptors (Lipinski definition) is 0. The molecule has 2 aliphatic carbocycles. The number of rotatable bonds is 1. The second kappa shape index (κ2) is 3.83. The largest absolute Gasteiger partial charge is 0.0767 e. The molecule has 0 aromatic rings. The van der Waals surface area contributed by atoms with Crippen molar-refractivity contribution in [2.45, 2.75) is 13.8 Å². The molecule has 0 nitrogen and oxygen atoms in total. The van der Waals surface area contributed by atoms with Crippen LogP contribution in [0.5, 0.6) is 0 Å². The maximum Gasteiger partial charge on any atom is 0.00500 e. The summed E-state index contributed by atoms with van der Waals surface area (Å²) in [6.07, 6.45) is 17.4. The number of hydrogen-bond donors (Lipinski definition) is 0. The van der Waals surface area contributed by atoms with Gasteiger partial charge in [0.05, 0.1) is 0 Å². The Hall–Kier alpha value is -1.30. The minimum atomic E-state index is 0.572. The quantitative estimate of drug-likeness (QED) is 0.581. The minimum absolute atomic E-state index is 0.572. The van der Waals surface area contributed by atoms with Crippen LogP contribution in [0.25, 0.3) is 0 Å². The summed E-state index contributed by atoms with van der Waals surface area (Å²) in [5.74, 6) is 1.24. The van der Waals surface area contributed by atoms with Crippen LogP contribution in [-0.4, -0.2) is 0 Å². The minimum Gasteiger partial charge on any atom is -0.0767 e. The van der Waals surface area contributed by atoms with Gasteiger partial charge >= 0.3 is 0 Å². The summed E-state index contributed by atoms with van der Waals surface area (Å²) in [4.78, 5) is 0. The zero-order valence-corrected chi connectivity index (χ0v) is 8.77. The highest BCUT2D eigenvalue weighted by molar-refractivity contribution is 5.50. The fourth-order valence-electron chi connectivity index (χ4n) is 1.99. The molecule has 14 heavy (non-hydrogen) atoms. The van der Waals surface area contributed by atoms with Gasteiger partial charge in [0.2, 0.25) is 0 Å². The third-order valence-electron chi connectivity index (χ3n) is 2.78. The SMILES string of the molecule is CC(C)C1C=CC=CC1=C1C=CC=C1. The van der Waals surface area contributed by atoms with E-state index in [0.29, 0.717) is 11.8 Å². The third-order valence-corrected chi connectivity index (χ3v) is 2.78. The van der Waals surface area contributed by atoms with E-state index in [1.165, 1.54) is 11.1 Å². The van der Waals surface area contributed by atoms with Gasteiger partial charge in [-0.15, -0.1) is 0 Å². The molecule has 0 bridgehead atoms. The average Bonchev–Trinajstić information content (AvgIpc) is 2.70. The first-order valence-corrected chi connectivity index (χ1v) is 5.23. The molecule has 2 rings (SSSR count). The first kappa shape index (κ1) is 9.26. The maximum atomic E-state index is 2.30. The molecule has 0 heterocycles. The highest BCUT2D eigenvalue weighted by Crippen LogP contribution is 2.30. The van der Waals surface area contributed by atoms with E-state index < -0.39 is 0 Å². The molecule has 0 aromatic heterocycles. The third kappa shape index (κ3) is 1.65. The van der Waals surface area contributed by atoms with E-state index in [1.807, 2.05) is 0 Å². The van der Waals surface area contributed by atoms with E-state index in [0.717, 1.165) is 0 Å². The van der Waals surface area contributed by atoms with Crippen molar-refractivity contribution in [3.05, 3.63) is 59.8 Å². The van der Waals surface area contributed by atoms with Gasteiger partial charge in [-0.05, 0) is 17.1 Å². The standard InChI is InChI=1S/C14H16/c1-11(2)13-9-5-6-10-14(13)12-7-3-4-8-12/h3-11,13H,1-2H3. The number of allylic oxidation sites excluding steroid dienone is 10. The second-order valence-electron chi connectivity index (χ2n) is 4.14. The molecule has 72 valence electrons. The summed E-state index contributed by atoms with van der Waals surface area (Å²) >= 11 is 0. The molecule has 0 aromatic carbocycles. The maximum absolute atomic E-state index is 2.30. The molecule has 0 spiro atoms. The van der Waals surface area contributed by atoms with E-state index in [1.54, 1.807) is 0 Å². The lowest BCUT2D eigenvalue weighted by Crippen LogP contribution is -2.10. The first-order valence-electron chi connectivity index (χ1n) is 5.23. The summed E-state index contributed by atoms with van der Waals surface area (Å²) in [5, 5.41) is 0. The Morgan fingerprint density at radius 3 is 2.21 bits per heavy atom. The van der Waals surface area contributed by atoms with Crippen molar-refractivity contribution < 1.29 is 0 Å². The van der Waals surface area contributed by atoms with Crippen LogP contribution in [0.1, 0.15) is 13.8 Å². The molecular formula is C14H16. The topological polar surface area (TPSA) is 0 Å². The van der Waals surface area contributed by atoms with Gasteiger partial charge in [-0.2, -0.15) is 0 Å². The highest BCUT2D eigenvalue weighted by Gasteiger charge is 2.17. The van der Waals surface area contributed by atoms with E-state index >= 15 is 0 Å². The molecule has 0 fully saturated rings. The fraction of sp³-hybridized carbons (Fsp3) is 0.286. The van der Waals surface area contributed by atoms with Gasteiger partial charge in [0.15, 0.2) is 0 Å². The smallest absolute Gasteiger partial charge is 0.00500 e. The Morgan fingerprint density at radius 1 is 0.929 bits per heavy atom. The van der Waals surface area contributed by atoms with Crippen molar-refractivity contribution in [1.82, 2.24) is 0 Å². The van der Waals surface area contributed by atoms with Crippen molar-refractivity contribution in [1.29, 1.82) is 0 Å². The van der Waals surface area contributed by atoms with Crippen LogP contribution in [-0.2, 0) is 0 Å². The molecule has 0 radical (unpaired) electrons. The Kier molecular flexibility index (Phi) is 2.53. The summed E-state index contributed by atoms with van der Waals surface area (Å²) in [5.41, 5.74) is 2.82. The Bertz CT molecular complexity index is 345. The molecule has 0 N–H and O–H groups in total. The van der Waals surface area contributed by atoms with Crippen molar-refractivity contribution in [2.75, 3.05) is 0 Å². The molecule has 1 atom stereocenters. The van der Waals surface area contributed by atoms with Crippen LogP contribution in [0, 0.1) is 11.8 Å². The van der Waals surface area contributed by atoms with E-state index in [2.05, 4.69) is 62.5 Å². The van der Waals surface area contributed by atoms with Crippen molar-refractivity contribution in [2.24, 2.45) is 11.8 Å². The van der Waals surface area contributed by atoms with Gasteiger partial charge in [0.25, 0.3) is 0 Å². The van der Waals surface area contributed by atoms with Gasteiger partial charge in [-0.25, -0.2) is 0 Å². The zero-order valence-electron chi connectivity index (χ0n) is 8.77. The Morgan fingerprint density at radius 2 is 1.57 bits per heavy atom. The Labute approximate surface area is 86.0 Å². The molecule has 1 unspecified atom stereocenters. The summed E-state index contributed by atoms with van der Waals surface area (Å²) in [6.45, 7) is 4.55. The lowest BCUT2D eigenvalue weighted by molar-refractivity contribution is 0.531. The van der Waals surface area contributed by atoms with Crippen LogP contribution in [0.2, 0.25) is 0 Å². The zero-order chi connectivity index (χ0) is 9.97. The summed E-state index contributed by atoms with van der Waals surface area (Å²) < 4.78 is 0. The molecule has 2 aliphatic rings. The predicted molar refractivity (Wildman–Crippen MR) is 61.9 cm³/mol. The van der Waals surface area contributed by atoms with Gasteiger partial charge in [0, 0.05) is 5.92 Å². The van der Waals surface area contributed by atoms with Crippen LogP contribution in [0.4, 0.5) is 0 Å². The molecule has 0 aliphatic heterocycles. The molecule has 0 saturated carbocycles. The lowest BCUT2D eigenvalue weighted by Gasteiger charge is -2.22. The Balaban J connectivity index is 2.38. The van der Waals surface area contributed by atoms with Gasteiger partial charge in [-0.1, -0.05) is 62.5 Å². The van der Waals surface area contributed by atoms with Crippen molar-refractivity contribution in [3.8, 4) is 0 Å². The molecule has 0 amide bonds. The molecular weight excluding hydrogens is 168 g/mol. The van der Waals surface area contributed by atoms with Crippen LogP contribution in [0.3, 0.4) is 0 Å². The fourth-order valence-corrected chi connectivity index (χ4v) is 1.99. The van der Waals surface area contributed by atoms with Crippen LogP contribution < -0.4 is 0 Å². The van der Waals surface area contributed by atoms with Crippen LogP contribution >= 0.6 is 0 Å². The molecule has 0 saturated heterocycles. The van der Waals surface area contributed by atoms with Gasteiger partial charge < -0.3 is 0 Å². The molecule has 0 heteroatoms.